The van der Waals surface area contributed by atoms with Crippen molar-refractivity contribution in [3.05, 3.63) is 187 Å². The highest BCUT2D eigenvalue weighted by Crippen LogP contribution is 2.49. The molecule has 278 valence electrons. The second-order valence-electron chi connectivity index (χ2n) is 16.0. The number of furan rings is 1. The van der Waals surface area contributed by atoms with E-state index in [4.69, 9.17) is 19.4 Å². The molecule has 8 aromatic carbocycles. The molecule has 0 saturated carbocycles. The first-order chi connectivity index (χ1) is 29.0. The molecule has 1 aliphatic carbocycles. The van der Waals surface area contributed by atoms with Crippen molar-refractivity contribution >= 4 is 53.4 Å². The number of fused-ring (bicyclic) bond motifs is 9. The quantitative estimate of drug-likeness (QED) is 0.175. The number of hydrogen-bond donors (Lipinski definition) is 0. The van der Waals surface area contributed by atoms with Crippen molar-refractivity contribution in [2.24, 2.45) is 0 Å². The standard InChI is InChI=1S/C54H35N3OS/c1-54(2)44-19-8-6-16-39(44)43-29-34(24-27-45(43)54)33-14-10-15-35(28-33)51-55-52(57-53(56-51)37-22-25-41-40-17-7-9-21-48(40)59-49(41)31-37)36-23-26-42-47(30-36)58-46-20-11-18-38(50(42)46)32-12-4-3-5-13-32/h3-31H,1-2H3. The van der Waals surface area contributed by atoms with Gasteiger partial charge in [0.1, 0.15) is 11.2 Å². The number of nitrogens with zero attached hydrogens (tertiary/aromatic N) is 3. The maximum atomic E-state index is 6.54. The minimum atomic E-state index is -0.0432. The third-order valence-electron chi connectivity index (χ3n) is 12.2. The molecule has 3 aromatic heterocycles. The number of aromatic nitrogens is 3. The van der Waals surface area contributed by atoms with Gasteiger partial charge in [-0.1, -0.05) is 147 Å². The Bertz CT molecular complexity index is 3490. The fourth-order valence-corrected chi connectivity index (χ4v) is 10.3. The van der Waals surface area contributed by atoms with Crippen molar-refractivity contribution in [3.8, 4) is 67.5 Å². The molecule has 3 heterocycles. The third-order valence-corrected chi connectivity index (χ3v) is 13.3. The lowest BCUT2D eigenvalue weighted by Gasteiger charge is -2.21. The summed E-state index contributed by atoms with van der Waals surface area (Å²) in [5.41, 5.74) is 14.2. The van der Waals surface area contributed by atoms with E-state index in [9.17, 15) is 0 Å². The zero-order valence-electron chi connectivity index (χ0n) is 32.4. The lowest BCUT2D eigenvalue weighted by atomic mass is 9.82. The predicted molar refractivity (Wildman–Crippen MR) is 245 cm³/mol. The normalized spacial score (nSPS) is 13.1. The van der Waals surface area contributed by atoms with E-state index in [0.29, 0.717) is 17.5 Å². The summed E-state index contributed by atoms with van der Waals surface area (Å²) in [7, 11) is 0. The molecule has 0 bridgehead atoms. The minimum Gasteiger partial charge on any atom is -0.456 e. The summed E-state index contributed by atoms with van der Waals surface area (Å²) in [4.78, 5) is 15.6. The molecule has 59 heavy (non-hydrogen) atoms. The van der Waals surface area contributed by atoms with Crippen molar-refractivity contribution in [3.63, 3.8) is 0 Å². The van der Waals surface area contributed by atoms with Crippen LogP contribution < -0.4 is 0 Å². The molecule has 1 aliphatic rings. The highest BCUT2D eigenvalue weighted by atomic mass is 32.1. The van der Waals surface area contributed by atoms with Crippen LogP contribution >= 0.6 is 11.3 Å². The van der Waals surface area contributed by atoms with E-state index in [-0.39, 0.29) is 5.41 Å². The monoisotopic (exact) mass is 773 g/mol. The topological polar surface area (TPSA) is 51.8 Å². The highest BCUT2D eigenvalue weighted by Gasteiger charge is 2.35. The summed E-state index contributed by atoms with van der Waals surface area (Å²) in [6, 6.07) is 62.5. The second-order valence-corrected chi connectivity index (χ2v) is 17.1. The molecular weight excluding hydrogens is 739 g/mol. The van der Waals surface area contributed by atoms with Crippen LogP contribution in [0, 0.1) is 0 Å². The van der Waals surface area contributed by atoms with Gasteiger partial charge in [0.05, 0.1) is 0 Å². The van der Waals surface area contributed by atoms with E-state index in [0.717, 1.165) is 60.9 Å². The van der Waals surface area contributed by atoms with Gasteiger partial charge < -0.3 is 4.42 Å². The molecular formula is C54H35N3OS. The summed E-state index contributed by atoms with van der Waals surface area (Å²) < 4.78 is 9.01. The molecule has 0 spiro atoms. The second kappa shape index (κ2) is 12.9. The van der Waals surface area contributed by atoms with Gasteiger partial charge >= 0.3 is 0 Å². The zero-order chi connectivity index (χ0) is 39.2. The van der Waals surface area contributed by atoms with E-state index in [1.54, 1.807) is 11.3 Å². The lowest BCUT2D eigenvalue weighted by molar-refractivity contribution is 0.660. The summed E-state index contributed by atoms with van der Waals surface area (Å²) in [6.07, 6.45) is 0. The number of rotatable bonds is 5. The summed E-state index contributed by atoms with van der Waals surface area (Å²) in [5, 5.41) is 4.66. The Kier molecular flexibility index (Phi) is 7.41. The van der Waals surface area contributed by atoms with Crippen molar-refractivity contribution in [1.29, 1.82) is 0 Å². The lowest BCUT2D eigenvalue weighted by Crippen LogP contribution is -2.14. The van der Waals surface area contributed by atoms with Gasteiger partial charge in [0.2, 0.25) is 0 Å². The molecule has 4 nitrogen and oxygen atoms in total. The fourth-order valence-electron chi connectivity index (χ4n) is 9.19. The highest BCUT2D eigenvalue weighted by molar-refractivity contribution is 7.25. The average Bonchev–Trinajstić information content (AvgIpc) is 3.93. The van der Waals surface area contributed by atoms with Gasteiger partial charge in [0.25, 0.3) is 0 Å². The smallest absolute Gasteiger partial charge is 0.164 e. The van der Waals surface area contributed by atoms with E-state index >= 15 is 0 Å². The van der Waals surface area contributed by atoms with Crippen LogP contribution in [0.25, 0.3) is 110 Å². The van der Waals surface area contributed by atoms with Gasteiger partial charge in [0, 0.05) is 53.1 Å². The van der Waals surface area contributed by atoms with E-state index in [2.05, 4.69) is 178 Å². The summed E-state index contributed by atoms with van der Waals surface area (Å²) in [5.74, 6) is 1.84. The Labute approximate surface area is 345 Å². The molecule has 0 fully saturated rings. The van der Waals surface area contributed by atoms with Crippen molar-refractivity contribution in [2.45, 2.75) is 19.3 Å². The Hall–Kier alpha value is -7.21. The number of benzene rings is 8. The Balaban J connectivity index is 1.01. The van der Waals surface area contributed by atoms with Crippen LogP contribution in [0.2, 0.25) is 0 Å². The van der Waals surface area contributed by atoms with Crippen molar-refractivity contribution < 1.29 is 4.42 Å². The molecule has 0 saturated heterocycles. The molecule has 0 radical (unpaired) electrons. The van der Waals surface area contributed by atoms with Gasteiger partial charge in [0.15, 0.2) is 17.5 Å². The largest absolute Gasteiger partial charge is 0.456 e. The average molecular weight is 774 g/mol. The Morgan fingerprint density at radius 1 is 0.390 bits per heavy atom. The van der Waals surface area contributed by atoms with Crippen molar-refractivity contribution in [1.82, 2.24) is 15.0 Å². The summed E-state index contributed by atoms with van der Waals surface area (Å²) in [6.45, 7) is 4.64. The van der Waals surface area contributed by atoms with Crippen LogP contribution in [0.15, 0.2) is 180 Å². The maximum Gasteiger partial charge on any atom is 0.164 e. The maximum absolute atomic E-state index is 6.54. The molecule has 0 unspecified atom stereocenters. The predicted octanol–water partition coefficient (Wildman–Crippen LogP) is 14.8. The fraction of sp³-hybridized carbons (Fsp3) is 0.0556. The number of thiophene rings is 1. The first-order valence-electron chi connectivity index (χ1n) is 20.0. The number of hydrogen-bond acceptors (Lipinski definition) is 5. The van der Waals surface area contributed by atoms with Crippen LogP contribution in [0.4, 0.5) is 0 Å². The Morgan fingerprint density at radius 2 is 0.983 bits per heavy atom. The first kappa shape index (κ1) is 33.9. The Morgan fingerprint density at radius 3 is 1.83 bits per heavy atom. The molecule has 0 amide bonds. The first-order valence-corrected chi connectivity index (χ1v) is 20.8. The van der Waals surface area contributed by atoms with Crippen LogP contribution in [0.1, 0.15) is 25.0 Å². The van der Waals surface area contributed by atoms with E-state index in [1.807, 2.05) is 12.1 Å². The van der Waals surface area contributed by atoms with Crippen molar-refractivity contribution in [2.75, 3.05) is 0 Å². The molecule has 12 rings (SSSR count). The minimum absolute atomic E-state index is 0.0432. The zero-order valence-corrected chi connectivity index (χ0v) is 33.2. The van der Waals surface area contributed by atoms with E-state index < -0.39 is 0 Å². The van der Waals surface area contributed by atoms with Gasteiger partial charge in [-0.15, -0.1) is 11.3 Å². The van der Waals surface area contributed by atoms with Gasteiger partial charge in [-0.05, 0) is 87.0 Å². The molecule has 0 aliphatic heterocycles. The van der Waals surface area contributed by atoms with Crippen LogP contribution in [0.3, 0.4) is 0 Å². The molecule has 11 aromatic rings. The third kappa shape index (κ3) is 5.39. The molecule has 0 N–H and O–H groups in total. The van der Waals surface area contributed by atoms with Gasteiger partial charge in [-0.3, -0.25) is 0 Å². The van der Waals surface area contributed by atoms with Crippen LogP contribution in [-0.4, -0.2) is 15.0 Å². The van der Waals surface area contributed by atoms with Crippen LogP contribution in [0.5, 0.6) is 0 Å². The van der Waals surface area contributed by atoms with Gasteiger partial charge in [-0.2, -0.15) is 0 Å². The molecule has 5 heteroatoms. The van der Waals surface area contributed by atoms with Gasteiger partial charge in [-0.25, -0.2) is 15.0 Å². The van der Waals surface area contributed by atoms with E-state index in [1.165, 1.54) is 42.4 Å². The van der Waals surface area contributed by atoms with Crippen LogP contribution in [-0.2, 0) is 5.41 Å². The SMILES string of the molecule is CC1(C)c2ccccc2-c2cc(-c3cccc(-c4nc(-c5ccc6c(c5)oc5cccc(-c7ccccc7)c56)nc(-c5ccc6c(c5)sc5ccccc56)n4)c3)ccc21. The summed E-state index contributed by atoms with van der Waals surface area (Å²) >= 11 is 1.79. The molecule has 0 atom stereocenters.